The molecule has 1 aromatic carbocycles. The summed E-state index contributed by atoms with van der Waals surface area (Å²) >= 11 is 0. The average Bonchev–Trinajstić information content (AvgIpc) is 3.18. The molecule has 0 saturated heterocycles. The fourth-order valence-electron chi connectivity index (χ4n) is 3.70. The van der Waals surface area contributed by atoms with Crippen LogP contribution in [0.2, 0.25) is 0 Å². The van der Waals surface area contributed by atoms with Crippen molar-refractivity contribution < 1.29 is 22.8 Å². The molecule has 2 amide bonds. The third-order valence-corrected chi connectivity index (χ3v) is 5.46. The highest BCUT2D eigenvalue weighted by atomic mass is 19.4. The Bertz CT molecular complexity index is 900. The highest BCUT2D eigenvalue weighted by molar-refractivity contribution is 5.98. The van der Waals surface area contributed by atoms with Crippen molar-refractivity contribution in [2.45, 2.75) is 57.3 Å². The molecule has 9 heteroatoms. The summed E-state index contributed by atoms with van der Waals surface area (Å²) in [5.41, 5.74) is 0.0677. The zero-order valence-corrected chi connectivity index (χ0v) is 16.9. The summed E-state index contributed by atoms with van der Waals surface area (Å²) in [5, 5.41) is 9.74. The van der Waals surface area contributed by atoms with Crippen LogP contribution in [0.1, 0.15) is 77.2 Å². The van der Waals surface area contributed by atoms with Crippen molar-refractivity contribution in [2.75, 3.05) is 7.05 Å². The van der Waals surface area contributed by atoms with E-state index in [9.17, 15) is 22.8 Å². The second-order valence-corrected chi connectivity index (χ2v) is 7.54. The SMILES string of the molecule is CNC(=O)c1cc(C(=O)NC2CCCCC2)n(C(C)c2ccc(C(F)(F)F)cc2)n1. The first-order valence-electron chi connectivity index (χ1n) is 10.0. The minimum Gasteiger partial charge on any atom is -0.354 e. The van der Waals surface area contributed by atoms with Crippen LogP contribution in [0.5, 0.6) is 0 Å². The van der Waals surface area contributed by atoms with E-state index < -0.39 is 23.7 Å². The lowest BCUT2D eigenvalue weighted by atomic mass is 9.95. The molecule has 3 rings (SSSR count). The molecule has 162 valence electrons. The summed E-state index contributed by atoms with van der Waals surface area (Å²) in [4.78, 5) is 25.0. The zero-order chi connectivity index (χ0) is 21.9. The first kappa shape index (κ1) is 21.9. The zero-order valence-electron chi connectivity index (χ0n) is 16.9. The monoisotopic (exact) mass is 422 g/mol. The number of aromatic nitrogens is 2. The van der Waals surface area contributed by atoms with E-state index >= 15 is 0 Å². The van der Waals surface area contributed by atoms with Crippen LogP contribution in [0, 0.1) is 0 Å². The molecule has 1 heterocycles. The second kappa shape index (κ2) is 8.89. The second-order valence-electron chi connectivity index (χ2n) is 7.54. The highest BCUT2D eigenvalue weighted by Gasteiger charge is 2.30. The van der Waals surface area contributed by atoms with Crippen LogP contribution in [0.3, 0.4) is 0 Å². The maximum absolute atomic E-state index is 12.9. The molecule has 2 aromatic rings. The maximum Gasteiger partial charge on any atom is 0.416 e. The first-order valence-corrected chi connectivity index (χ1v) is 10.0. The number of nitrogens with one attached hydrogen (secondary N) is 2. The quantitative estimate of drug-likeness (QED) is 0.767. The number of amides is 2. The van der Waals surface area contributed by atoms with Crippen LogP contribution >= 0.6 is 0 Å². The summed E-state index contributed by atoms with van der Waals surface area (Å²) < 4.78 is 40.0. The number of hydrogen-bond donors (Lipinski definition) is 2. The van der Waals surface area contributed by atoms with Gasteiger partial charge in [-0.25, -0.2) is 0 Å². The van der Waals surface area contributed by atoms with Gasteiger partial charge in [0.1, 0.15) is 5.69 Å². The van der Waals surface area contributed by atoms with Gasteiger partial charge in [0, 0.05) is 19.2 Å². The Morgan fingerprint density at radius 3 is 2.30 bits per heavy atom. The summed E-state index contributed by atoms with van der Waals surface area (Å²) in [6, 6.07) is 5.65. The third kappa shape index (κ3) is 4.83. The van der Waals surface area contributed by atoms with Gasteiger partial charge in [-0.1, -0.05) is 31.4 Å². The van der Waals surface area contributed by atoms with E-state index in [0.717, 1.165) is 44.2 Å². The Kier molecular flexibility index (Phi) is 6.48. The molecule has 0 aliphatic heterocycles. The van der Waals surface area contributed by atoms with Gasteiger partial charge >= 0.3 is 6.18 Å². The number of hydrogen-bond acceptors (Lipinski definition) is 3. The van der Waals surface area contributed by atoms with E-state index in [2.05, 4.69) is 15.7 Å². The Morgan fingerprint density at radius 1 is 1.10 bits per heavy atom. The standard InChI is InChI=1S/C21H25F3N4O2/c1-13(14-8-10-15(11-9-14)21(22,23)24)28-18(12-17(27-28)19(29)25-2)20(30)26-16-6-4-3-5-7-16/h8-13,16H,3-7H2,1-2H3,(H,25,29)(H,26,30). The minimum atomic E-state index is -4.43. The molecule has 1 aliphatic carbocycles. The predicted molar refractivity (Wildman–Crippen MR) is 105 cm³/mol. The lowest BCUT2D eigenvalue weighted by molar-refractivity contribution is -0.137. The minimum absolute atomic E-state index is 0.0689. The van der Waals surface area contributed by atoms with Crippen LogP contribution in [-0.4, -0.2) is 34.7 Å². The van der Waals surface area contributed by atoms with Gasteiger partial charge in [0.2, 0.25) is 0 Å². The van der Waals surface area contributed by atoms with Crippen LogP contribution in [-0.2, 0) is 6.18 Å². The van der Waals surface area contributed by atoms with Gasteiger partial charge in [0.15, 0.2) is 5.69 Å². The van der Waals surface area contributed by atoms with Gasteiger partial charge < -0.3 is 10.6 Å². The van der Waals surface area contributed by atoms with Crippen LogP contribution in [0.4, 0.5) is 13.2 Å². The lowest BCUT2D eigenvalue weighted by Crippen LogP contribution is -2.37. The number of halogens is 3. The predicted octanol–water partition coefficient (Wildman–Crippen LogP) is 3.93. The molecule has 6 nitrogen and oxygen atoms in total. The summed E-state index contributed by atoms with van der Waals surface area (Å²) in [5.74, 6) is -0.789. The van der Waals surface area contributed by atoms with Gasteiger partial charge in [-0.05, 0) is 37.5 Å². The van der Waals surface area contributed by atoms with Crippen LogP contribution in [0.25, 0.3) is 0 Å². The Hall–Kier alpha value is -2.84. The normalized spacial score (nSPS) is 16.2. The molecule has 2 N–H and O–H groups in total. The van der Waals surface area contributed by atoms with Crippen molar-refractivity contribution in [3.63, 3.8) is 0 Å². The van der Waals surface area contributed by atoms with E-state index in [1.165, 1.54) is 29.9 Å². The molecule has 1 unspecified atom stereocenters. The number of benzene rings is 1. The third-order valence-electron chi connectivity index (χ3n) is 5.46. The van der Waals surface area contributed by atoms with Crippen molar-refractivity contribution in [2.24, 2.45) is 0 Å². The Morgan fingerprint density at radius 2 is 1.73 bits per heavy atom. The summed E-state index contributed by atoms with van der Waals surface area (Å²) in [7, 11) is 1.46. The van der Waals surface area contributed by atoms with Gasteiger partial charge in [0.25, 0.3) is 11.8 Å². The molecule has 1 fully saturated rings. The highest BCUT2D eigenvalue weighted by Crippen LogP contribution is 2.30. The molecule has 1 saturated carbocycles. The first-order chi connectivity index (χ1) is 14.2. The number of carbonyl (C=O) groups excluding carboxylic acids is 2. The van der Waals surface area contributed by atoms with Gasteiger partial charge in [-0.2, -0.15) is 18.3 Å². The molecule has 1 atom stereocenters. The van der Waals surface area contributed by atoms with Crippen molar-refractivity contribution in [1.82, 2.24) is 20.4 Å². The lowest BCUT2D eigenvalue weighted by Gasteiger charge is -2.23. The Labute approximate surface area is 172 Å². The van der Waals surface area contributed by atoms with Gasteiger partial charge in [-0.3, -0.25) is 14.3 Å². The maximum atomic E-state index is 12.9. The van der Waals surface area contributed by atoms with Crippen LogP contribution in [0.15, 0.2) is 30.3 Å². The Balaban J connectivity index is 1.90. The van der Waals surface area contributed by atoms with E-state index in [-0.39, 0.29) is 23.3 Å². The largest absolute Gasteiger partial charge is 0.416 e. The summed E-state index contributed by atoms with van der Waals surface area (Å²) in [6.45, 7) is 1.72. The fourth-order valence-corrected chi connectivity index (χ4v) is 3.70. The molecular weight excluding hydrogens is 397 g/mol. The number of carbonyl (C=O) groups is 2. The van der Waals surface area contributed by atoms with Crippen LogP contribution < -0.4 is 10.6 Å². The smallest absolute Gasteiger partial charge is 0.354 e. The van der Waals surface area contributed by atoms with E-state index in [1.54, 1.807) is 6.92 Å². The van der Waals surface area contributed by atoms with Crippen molar-refractivity contribution in [3.8, 4) is 0 Å². The fraction of sp³-hybridized carbons (Fsp3) is 0.476. The van der Waals surface area contributed by atoms with E-state index in [1.807, 2.05) is 0 Å². The van der Waals surface area contributed by atoms with Crippen molar-refractivity contribution in [3.05, 3.63) is 52.8 Å². The average molecular weight is 422 g/mol. The molecule has 0 spiro atoms. The van der Waals surface area contributed by atoms with Crippen molar-refractivity contribution in [1.29, 1.82) is 0 Å². The molecule has 0 radical (unpaired) electrons. The topological polar surface area (TPSA) is 76.0 Å². The van der Waals surface area contributed by atoms with E-state index in [4.69, 9.17) is 0 Å². The number of alkyl halides is 3. The molecule has 0 bridgehead atoms. The molecule has 1 aromatic heterocycles. The molecule has 1 aliphatic rings. The van der Waals surface area contributed by atoms with E-state index in [0.29, 0.717) is 5.56 Å². The molecular formula is C21H25F3N4O2. The van der Waals surface area contributed by atoms with Gasteiger partial charge in [0.05, 0.1) is 11.6 Å². The number of rotatable bonds is 5. The van der Waals surface area contributed by atoms with Gasteiger partial charge in [-0.15, -0.1) is 0 Å². The van der Waals surface area contributed by atoms with Crippen molar-refractivity contribution >= 4 is 11.8 Å². The summed E-state index contributed by atoms with van der Waals surface area (Å²) in [6.07, 6.45) is 0.625. The number of nitrogens with zero attached hydrogens (tertiary/aromatic N) is 2. The molecule has 30 heavy (non-hydrogen) atoms.